The van der Waals surface area contributed by atoms with Crippen LogP contribution in [0, 0.1) is 0 Å². The van der Waals surface area contributed by atoms with Crippen LogP contribution in [0.2, 0.25) is 0 Å². The number of ether oxygens (including phenoxy) is 1. The molecule has 3 rings (SSSR count). The van der Waals surface area contributed by atoms with E-state index in [0.717, 1.165) is 6.42 Å². The molecule has 0 atom stereocenters. The zero-order valence-corrected chi connectivity index (χ0v) is 16.0. The highest BCUT2D eigenvalue weighted by atomic mass is 32.1. The third kappa shape index (κ3) is 4.20. The molecular formula is C19H19N3O5S. The van der Waals surface area contributed by atoms with Gasteiger partial charge in [0.2, 0.25) is 0 Å². The van der Waals surface area contributed by atoms with Gasteiger partial charge in [0.25, 0.3) is 17.7 Å². The standard InChI is InChI=1S/C19H19N3O5S/c1-2-27-19(26)22(18(25)15-7-10-28-12-15)20-16(23)13-5-3-6-14(11-13)17(24)21-8-4-9-21/h3,5-7,10-12H,2,4,8-9H2,1H3,(H,20,23). The number of carbonyl (C=O) groups is 4. The second-order valence-corrected chi connectivity index (χ2v) is 6.80. The molecule has 0 spiro atoms. The summed E-state index contributed by atoms with van der Waals surface area (Å²) in [6.45, 7) is 3.03. The number of thiophene rings is 1. The van der Waals surface area contributed by atoms with E-state index in [-0.39, 0.29) is 23.6 Å². The van der Waals surface area contributed by atoms with Crippen molar-refractivity contribution in [1.29, 1.82) is 0 Å². The van der Waals surface area contributed by atoms with Crippen molar-refractivity contribution in [3.63, 3.8) is 0 Å². The van der Waals surface area contributed by atoms with Gasteiger partial charge >= 0.3 is 6.09 Å². The first-order chi connectivity index (χ1) is 13.5. The molecule has 0 saturated carbocycles. The number of carbonyl (C=O) groups excluding carboxylic acids is 4. The van der Waals surface area contributed by atoms with Crippen LogP contribution >= 0.6 is 11.3 Å². The number of amides is 4. The summed E-state index contributed by atoms with van der Waals surface area (Å²) in [6, 6.07) is 7.68. The Morgan fingerprint density at radius 1 is 1.14 bits per heavy atom. The number of imide groups is 1. The van der Waals surface area contributed by atoms with Gasteiger partial charge in [-0.3, -0.25) is 19.8 Å². The minimum Gasteiger partial charge on any atom is -0.448 e. The molecule has 1 N–H and O–H groups in total. The summed E-state index contributed by atoms with van der Waals surface area (Å²) >= 11 is 1.29. The second kappa shape index (κ2) is 8.66. The average molecular weight is 401 g/mol. The van der Waals surface area contributed by atoms with E-state index in [9.17, 15) is 19.2 Å². The maximum Gasteiger partial charge on any atom is 0.436 e. The van der Waals surface area contributed by atoms with Crippen LogP contribution in [-0.2, 0) is 4.74 Å². The van der Waals surface area contributed by atoms with E-state index in [1.54, 1.807) is 34.7 Å². The van der Waals surface area contributed by atoms with Crippen LogP contribution in [0.3, 0.4) is 0 Å². The van der Waals surface area contributed by atoms with Crippen LogP contribution in [-0.4, -0.2) is 53.4 Å². The normalized spacial score (nSPS) is 12.7. The third-order valence-electron chi connectivity index (χ3n) is 4.15. The highest BCUT2D eigenvalue weighted by Crippen LogP contribution is 2.15. The molecule has 1 saturated heterocycles. The number of hydrogen-bond acceptors (Lipinski definition) is 6. The zero-order chi connectivity index (χ0) is 20.1. The summed E-state index contributed by atoms with van der Waals surface area (Å²) in [5, 5.41) is 3.79. The first kappa shape index (κ1) is 19.6. The molecule has 9 heteroatoms. The lowest BCUT2D eigenvalue weighted by Crippen LogP contribution is -2.50. The Morgan fingerprint density at radius 3 is 2.50 bits per heavy atom. The van der Waals surface area contributed by atoms with Crippen LogP contribution < -0.4 is 5.43 Å². The van der Waals surface area contributed by atoms with Gasteiger partial charge in [0.15, 0.2) is 0 Å². The molecule has 0 unspecified atom stereocenters. The van der Waals surface area contributed by atoms with Gasteiger partial charge in [-0.05, 0) is 43.0 Å². The highest BCUT2D eigenvalue weighted by molar-refractivity contribution is 7.08. The molecule has 28 heavy (non-hydrogen) atoms. The van der Waals surface area contributed by atoms with Gasteiger partial charge in [0.05, 0.1) is 12.2 Å². The maximum absolute atomic E-state index is 12.6. The molecule has 2 aromatic rings. The largest absolute Gasteiger partial charge is 0.448 e. The molecule has 1 aromatic carbocycles. The van der Waals surface area contributed by atoms with Crippen molar-refractivity contribution < 1.29 is 23.9 Å². The first-order valence-corrected chi connectivity index (χ1v) is 9.69. The minimum atomic E-state index is -0.986. The molecule has 8 nitrogen and oxygen atoms in total. The van der Waals surface area contributed by atoms with Gasteiger partial charge in [-0.2, -0.15) is 11.3 Å². The van der Waals surface area contributed by atoms with Crippen molar-refractivity contribution >= 4 is 35.2 Å². The van der Waals surface area contributed by atoms with E-state index >= 15 is 0 Å². The fourth-order valence-electron chi connectivity index (χ4n) is 2.54. The molecule has 0 aliphatic carbocycles. The van der Waals surface area contributed by atoms with Gasteiger partial charge < -0.3 is 9.64 Å². The van der Waals surface area contributed by atoms with Crippen LogP contribution in [0.4, 0.5) is 4.79 Å². The Morgan fingerprint density at radius 2 is 1.89 bits per heavy atom. The van der Waals surface area contributed by atoms with Gasteiger partial charge in [-0.15, -0.1) is 5.01 Å². The number of hydrogen-bond donors (Lipinski definition) is 1. The first-order valence-electron chi connectivity index (χ1n) is 8.75. The van der Waals surface area contributed by atoms with Gasteiger partial charge in [0, 0.05) is 29.6 Å². The van der Waals surface area contributed by atoms with Gasteiger partial charge in [-0.1, -0.05) is 6.07 Å². The highest BCUT2D eigenvalue weighted by Gasteiger charge is 2.28. The molecule has 1 aliphatic heterocycles. The van der Waals surface area contributed by atoms with Crippen LogP contribution in [0.25, 0.3) is 0 Å². The minimum absolute atomic E-state index is 0.0436. The smallest absolute Gasteiger partial charge is 0.436 e. The monoisotopic (exact) mass is 401 g/mol. The van der Waals surface area contributed by atoms with Crippen LogP contribution in [0.1, 0.15) is 44.4 Å². The second-order valence-electron chi connectivity index (χ2n) is 6.02. The molecule has 1 aromatic heterocycles. The number of nitrogens with zero attached hydrogens (tertiary/aromatic N) is 2. The maximum atomic E-state index is 12.6. The molecule has 1 aliphatic rings. The predicted molar refractivity (Wildman–Crippen MR) is 102 cm³/mol. The average Bonchev–Trinajstić information content (AvgIpc) is 3.19. The molecule has 4 amide bonds. The van der Waals surface area contributed by atoms with Gasteiger partial charge in [-0.25, -0.2) is 4.79 Å². The van der Waals surface area contributed by atoms with Crippen molar-refractivity contribution in [2.24, 2.45) is 0 Å². The molecular weight excluding hydrogens is 382 g/mol. The lowest BCUT2D eigenvalue weighted by Gasteiger charge is -2.31. The number of rotatable bonds is 4. The topological polar surface area (TPSA) is 96.0 Å². The SMILES string of the molecule is CCOC(=O)N(NC(=O)c1cccc(C(=O)N2CCC2)c1)C(=O)c1ccsc1. The quantitative estimate of drug-likeness (QED) is 0.795. The number of nitrogens with one attached hydrogen (secondary N) is 1. The van der Waals surface area contributed by atoms with E-state index in [1.165, 1.54) is 29.5 Å². The summed E-state index contributed by atoms with van der Waals surface area (Å²) in [6.07, 6.45) is -0.0228. The van der Waals surface area contributed by atoms with Crippen molar-refractivity contribution in [1.82, 2.24) is 15.3 Å². The lowest BCUT2D eigenvalue weighted by atomic mass is 10.1. The fraction of sp³-hybridized carbons (Fsp3) is 0.263. The van der Waals surface area contributed by atoms with E-state index in [4.69, 9.17) is 4.74 Å². The van der Waals surface area contributed by atoms with E-state index in [0.29, 0.717) is 23.7 Å². The number of likely N-dealkylation sites (tertiary alicyclic amines) is 1. The third-order valence-corrected chi connectivity index (χ3v) is 4.83. The number of hydrazine groups is 1. The van der Waals surface area contributed by atoms with Crippen LogP contribution in [0.5, 0.6) is 0 Å². The van der Waals surface area contributed by atoms with E-state index in [1.807, 2.05) is 0 Å². The fourth-order valence-corrected chi connectivity index (χ4v) is 3.17. The molecule has 0 bridgehead atoms. The Labute approximate surface area is 165 Å². The lowest BCUT2D eigenvalue weighted by molar-refractivity contribution is 0.0505. The summed E-state index contributed by atoms with van der Waals surface area (Å²) in [5.74, 6) is -1.56. The Hall–Kier alpha value is -3.20. The van der Waals surface area contributed by atoms with Crippen molar-refractivity contribution in [3.05, 3.63) is 57.8 Å². The Kier molecular flexibility index (Phi) is 6.05. The van der Waals surface area contributed by atoms with Crippen molar-refractivity contribution in [2.75, 3.05) is 19.7 Å². The summed E-state index contributed by atoms with van der Waals surface area (Å²) < 4.78 is 4.87. The summed E-state index contributed by atoms with van der Waals surface area (Å²) in [4.78, 5) is 51.4. The Balaban J connectivity index is 1.78. The molecule has 1 fully saturated rings. The predicted octanol–water partition coefficient (Wildman–Crippen LogP) is 2.54. The van der Waals surface area contributed by atoms with Crippen molar-refractivity contribution in [2.45, 2.75) is 13.3 Å². The summed E-state index contributed by atoms with van der Waals surface area (Å²) in [7, 11) is 0. The number of benzene rings is 1. The van der Waals surface area contributed by atoms with Crippen molar-refractivity contribution in [3.8, 4) is 0 Å². The summed E-state index contributed by atoms with van der Waals surface area (Å²) in [5.41, 5.74) is 3.06. The van der Waals surface area contributed by atoms with Gasteiger partial charge in [0.1, 0.15) is 0 Å². The molecule has 2 heterocycles. The van der Waals surface area contributed by atoms with E-state index < -0.39 is 17.9 Å². The van der Waals surface area contributed by atoms with E-state index in [2.05, 4.69) is 5.43 Å². The zero-order valence-electron chi connectivity index (χ0n) is 15.2. The molecule has 146 valence electrons. The van der Waals surface area contributed by atoms with Crippen LogP contribution in [0.15, 0.2) is 41.1 Å². The molecule has 0 radical (unpaired) electrons. The Bertz CT molecular complexity index is 893.